The third kappa shape index (κ3) is 2.15. The molecule has 76 valence electrons. The van der Waals surface area contributed by atoms with Gasteiger partial charge in [-0.15, -0.1) is 0 Å². The van der Waals surface area contributed by atoms with Crippen molar-refractivity contribution in [2.45, 2.75) is 6.92 Å². The molecule has 0 amide bonds. The van der Waals surface area contributed by atoms with Crippen LogP contribution in [0.5, 0.6) is 0 Å². The van der Waals surface area contributed by atoms with E-state index in [2.05, 4.69) is 42.6 Å². The van der Waals surface area contributed by atoms with Crippen molar-refractivity contribution in [1.29, 1.82) is 0 Å². The van der Waals surface area contributed by atoms with Gasteiger partial charge >= 0.3 is 0 Å². The van der Waals surface area contributed by atoms with Crippen molar-refractivity contribution in [2.75, 3.05) is 11.9 Å². The number of fused-ring (bicyclic) bond motifs is 1. The SMILES string of the molecule is Cc1ccc2cc(NCC=O)ccc2c1. The first-order chi connectivity index (χ1) is 7.29. The van der Waals surface area contributed by atoms with E-state index in [4.69, 9.17) is 0 Å². The Labute approximate surface area is 88.9 Å². The Bertz CT molecular complexity index is 491. The Kier molecular flexibility index (Phi) is 2.68. The molecule has 1 N–H and O–H groups in total. The number of nitrogens with one attached hydrogen (secondary N) is 1. The molecule has 0 fully saturated rings. The lowest BCUT2D eigenvalue weighted by molar-refractivity contribution is -0.106. The Morgan fingerprint density at radius 2 is 1.87 bits per heavy atom. The van der Waals surface area contributed by atoms with Crippen LogP contribution in [0.25, 0.3) is 10.8 Å². The van der Waals surface area contributed by atoms with Crippen LogP contribution in [0.1, 0.15) is 5.56 Å². The summed E-state index contributed by atoms with van der Waals surface area (Å²) in [5.41, 5.74) is 2.24. The second-order valence-electron chi connectivity index (χ2n) is 3.61. The van der Waals surface area contributed by atoms with Gasteiger partial charge in [0.05, 0.1) is 6.54 Å². The first-order valence-electron chi connectivity index (χ1n) is 4.97. The van der Waals surface area contributed by atoms with E-state index in [9.17, 15) is 4.79 Å². The fourth-order valence-corrected chi connectivity index (χ4v) is 1.63. The molecule has 0 unspecified atom stereocenters. The van der Waals surface area contributed by atoms with Gasteiger partial charge in [-0.2, -0.15) is 0 Å². The zero-order valence-electron chi connectivity index (χ0n) is 8.66. The Hall–Kier alpha value is -1.83. The van der Waals surface area contributed by atoms with E-state index in [0.717, 1.165) is 12.0 Å². The summed E-state index contributed by atoms with van der Waals surface area (Å²) in [6, 6.07) is 12.4. The minimum absolute atomic E-state index is 0.359. The molecule has 0 radical (unpaired) electrons. The van der Waals surface area contributed by atoms with Gasteiger partial charge in [0, 0.05) is 5.69 Å². The van der Waals surface area contributed by atoms with Crippen LogP contribution in [0.4, 0.5) is 5.69 Å². The summed E-state index contributed by atoms with van der Waals surface area (Å²) in [4.78, 5) is 10.2. The summed E-state index contributed by atoms with van der Waals surface area (Å²) in [5, 5.41) is 5.45. The smallest absolute Gasteiger partial charge is 0.139 e. The van der Waals surface area contributed by atoms with Gasteiger partial charge in [0.25, 0.3) is 0 Å². The molecule has 0 aliphatic carbocycles. The van der Waals surface area contributed by atoms with Crippen LogP contribution >= 0.6 is 0 Å². The van der Waals surface area contributed by atoms with Crippen molar-refractivity contribution in [2.24, 2.45) is 0 Å². The van der Waals surface area contributed by atoms with Gasteiger partial charge in [-0.25, -0.2) is 0 Å². The average molecular weight is 199 g/mol. The third-order valence-corrected chi connectivity index (χ3v) is 2.39. The van der Waals surface area contributed by atoms with E-state index >= 15 is 0 Å². The number of benzene rings is 2. The molecule has 0 spiro atoms. The largest absolute Gasteiger partial charge is 0.378 e. The lowest BCUT2D eigenvalue weighted by Gasteiger charge is -2.04. The molecule has 2 heteroatoms. The maximum atomic E-state index is 10.2. The van der Waals surface area contributed by atoms with Crippen LogP contribution in [0.3, 0.4) is 0 Å². The van der Waals surface area contributed by atoms with Crippen LogP contribution < -0.4 is 5.32 Å². The molecule has 0 aliphatic rings. The van der Waals surface area contributed by atoms with Crippen molar-refractivity contribution in [3.8, 4) is 0 Å². The molecule has 2 aromatic carbocycles. The molecule has 0 bridgehead atoms. The molecule has 0 atom stereocenters. The third-order valence-electron chi connectivity index (χ3n) is 2.39. The first kappa shape index (κ1) is 9.71. The summed E-state index contributed by atoms with van der Waals surface area (Å²) in [5.74, 6) is 0. The molecule has 0 aliphatic heterocycles. The number of hydrogen-bond acceptors (Lipinski definition) is 2. The molecular formula is C13H13NO. The van der Waals surface area contributed by atoms with E-state index in [-0.39, 0.29) is 0 Å². The van der Waals surface area contributed by atoms with Crippen LogP contribution in [-0.2, 0) is 4.79 Å². The van der Waals surface area contributed by atoms with Gasteiger partial charge in [0.1, 0.15) is 6.29 Å². The number of hydrogen-bond donors (Lipinski definition) is 1. The monoisotopic (exact) mass is 199 g/mol. The average Bonchev–Trinajstić information content (AvgIpc) is 2.26. The van der Waals surface area contributed by atoms with E-state index in [1.807, 2.05) is 6.07 Å². The molecule has 15 heavy (non-hydrogen) atoms. The van der Waals surface area contributed by atoms with Gasteiger partial charge in [0.2, 0.25) is 0 Å². The minimum Gasteiger partial charge on any atom is -0.378 e. The summed E-state index contributed by atoms with van der Waals surface area (Å²) >= 11 is 0. The molecule has 2 nitrogen and oxygen atoms in total. The van der Waals surface area contributed by atoms with Crippen LogP contribution in [0, 0.1) is 6.92 Å². The second kappa shape index (κ2) is 4.13. The highest BCUT2D eigenvalue weighted by Gasteiger charge is 1.96. The van der Waals surface area contributed by atoms with E-state index < -0.39 is 0 Å². The lowest BCUT2D eigenvalue weighted by atomic mass is 10.1. The number of aldehydes is 1. The summed E-state index contributed by atoms with van der Waals surface area (Å²) in [7, 11) is 0. The second-order valence-corrected chi connectivity index (χ2v) is 3.61. The highest BCUT2D eigenvalue weighted by molar-refractivity contribution is 5.86. The first-order valence-corrected chi connectivity index (χ1v) is 4.97. The Balaban J connectivity index is 2.38. The standard InChI is InChI=1S/C13H13NO/c1-10-2-3-12-9-13(14-6-7-15)5-4-11(12)8-10/h2-5,7-9,14H,6H2,1H3. The fourth-order valence-electron chi connectivity index (χ4n) is 1.63. The number of carbonyl (C=O) groups excluding carboxylic acids is 1. The lowest BCUT2D eigenvalue weighted by Crippen LogP contribution is -2.01. The van der Waals surface area contributed by atoms with Crippen LogP contribution in [0.2, 0.25) is 0 Å². The maximum Gasteiger partial charge on any atom is 0.139 e. The van der Waals surface area contributed by atoms with Crippen LogP contribution in [0.15, 0.2) is 36.4 Å². The summed E-state index contributed by atoms with van der Waals surface area (Å²) in [6.07, 6.45) is 0.860. The highest BCUT2D eigenvalue weighted by atomic mass is 16.1. The van der Waals surface area contributed by atoms with Crippen LogP contribution in [-0.4, -0.2) is 12.8 Å². The number of carbonyl (C=O) groups is 1. The minimum atomic E-state index is 0.359. The predicted octanol–water partition coefficient (Wildman–Crippen LogP) is 2.76. The number of anilines is 1. The van der Waals surface area contributed by atoms with E-state index in [1.54, 1.807) is 0 Å². The Morgan fingerprint density at radius 1 is 1.13 bits per heavy atom. The predicted molar refractivity (Wildman–Crippen MR) is 63.2 cm³/mol. The Morgan fingerprint density at radius 3 is 2.67 bits per heavy atom. The van der Waals surface area contributed by atoms with Gasteiger partial charge in [-0.1, -0.05) is 29.8 Å². The number of rotatable bonds is 3. The molecule has 0 saturated heterocycles. The summed E-state index contributed by atoms with van der Waals surface area (Å²) in [6.45, 7) is 2.44. The van der Waals surface area contributed by atoms with Crippen molar-refractivity contribution in [3.05, 3.63) is 42.0 Å². The normalized spacial score (nSPS) is 10.2. The quantitative estimate of drug-likeness (QED) is 0.770. The maximum absolute atomic E-state index is 10.2. The molecule has 0 saturated carbocycles. The molecular weight excluding hydrogens is 186 g/mol. The number of aryl methyl sites for hydroxylation is 1. The zero-order valence-corrected chi connectivity index (χ0v) is 8.66. The van der Waals surface area contributed by atoms with E-state index in [0.29, 0.717) is 6.54 Å². The van der Waals surface area contributed by atoms with Gasteiger partial charge in [0.15, 0.2) is 0 Å². The molecule has 0 heterocycles. The molecule has 2 rings (SSSR count). The van der Waals surface area contributed by atoms with Gasteiger partial charge in [-0.05, 0) is 29.8 Å². The molecule has 2 aromatic rings. The van der Waals surface area contributed by atoms with Crippen molar-refractivity contribution >= 4 is 22.7 Å². The summed E-state index contributed by atoms with van der Waals surface area (Å²) < 4.78 is 0. The van der Waals surface area contributed by atoms with Crippen molar-refractivity contribution < 1.29 is 4.79 Å². The van der Waals surface area contributed by atoms with Gasteiger partial charge in [-0.3, -0.25) is 0 Å². The highest BCUT2D eigenvalue weighted by Crippen LogP contribution is 2.20. The fraction of sp³-hybridized carbons (Fsp3) is 0.154. The van der Waals surface area contributed by atoms with Crippen molar-refractivity contribution in [3.63, 3.8) is 0 Å². The van der Waals surface area contributed by atoms with Gasteiger partial charge < -0.3 is 10.1 Å². The molecule has 0 aromatic heterocycles. The van der Waals surface area contributed by atoms with Crippen molar-refractivity contribution in [1.82, 2.24) is 0 Å². The zero-order chi connectivity index (χ0) is 10.7. The topological polar surface area (TPSA) is 29.1 Å². The van der Waals surface area contributed by atoms with E-state index in [1.165, 1.54) is 16.3 Å².